The van der Waals surface area contributed by atoms with Crippen molar-refractivity contribution in [3.05, 3.63) is 40.7 Å². The number of hydrogen-bond donors (Lipinski definition) is 1. The molecule has 0 saturated heterocycles. The van der Waals surface area contributed by atoms with E-state index >= 15 is 0 Å². The van der Waals surface area contributed by atoms with Crippen molar-refractivity contribution in [2.75, 3.05) is 6.54 Å². The molecule has 2 aromatic rings. The summed E-state index contributed by atoms with van der Waals surface area (Å²) in [4.78, 5) is 28.9. The first kappa shape index (κ1) is 19.1. The molecule has 0 unspecified atom stereocenters. The molecule has 0 bridgehead atoms. The number of amides is 1. The van der Waals surface area contributed by atoms with Crippen LogP contribution in [0.2, 0.25) is 0 Å². The summed E-state index contributed by atoms with van der Waals surface area (Å²) in [6.45, 7) is 7.71. The smallest absolute Gasteiger partial charge is 0.351 e. The molecule has 5 nitrogen and oxygen atoms in total. The normalized spacial score (nSPS) is 12.1. The number of hydrogen-bond acceptors (Lipinski definition) is 5. The van der Waals surface area contributed by atoms with Gasteiger partial charge in [0.15, 0.2) is 6.10 Å². The summed E-state index contributed by atoms with van der Waals surface area (Å²) >= 11 is 1.16. The lowest BCUT2D eigenvalue weighted by atomic mass is 10.2. The molecule has 134 valence electrons. The number of halogens is 1. The third-order valence-corrected chi connectivity index (χ3v) is 4.60. The quantitative estimate of drug-likeness (QED) is 0.796. The number of rotatable bonds is 6. The van der Waals surface area contributed by atoms with E-state index in [1.807, 2.05) is 13.8 Å². The summed E-state index contributed by atoms with van der Waals surface area (Å²) in [6.07, 6.45) is -0.887. The van der Waals surface area contributed by atoms with E-state index in [4.69, 9.17) is 4.74 Å². The molecule has 7 heteroatoms. The number of aryl methyl sites for hydroxylation is 1. The third-order valence-electron chi connectivity index (χ3n) is 3.41. The van der Waals surface area contributed by atoms with Crippen LogP contribution >= 0.6 is 11.3 Å². The third kappa shape index (κ3) is 5.09. The molecule has 1 aromatic heterocycles. The Morgan fingerprint density at radius 2 is 1.88 bits per heavy atom. The number of thiazole rings is 1. The lowest BCUT2D eigenvalue weighted by molar-refractivity contribution is -0.129. The van der Waals surface area contributed by atoms with Gasteiger partial charge < -0.3 is 10.1 Å². The zero-order valence-electron chi connectivity index (χ0n) is 14.6. The van der Waals surface area contributed by atoms with Crippen molar-refractivity contribution in [1.82, 2.24) is 10.3 Å². The minimum Gasteiger partial charge on any atom is -0.448 e. The molecule has 0 spiro atoms. The fourth-order valence-corrected chi connectivity index (χ4v) is 2.97. The minimum absolute atomic E-state index is 0.314. The summed E-state index contributed by atoms with van der Waals surface area (Å²) < 4.78 is 18.3. The number of esters is 1. The van der Waals surface area contributed by atoms with Crippen molar-refractivity contribution >= 4 is 23.2 Å². The number of benzene rings is 1. The predicted molar refractivity (Wildman–Crippen MR) is 95.0 cm³/mol. The van der Waals surface area contributed by atoms with Gasteiger partial charge >= 0.3 is 5.97 Å². The average molecular weight is 364 g/mol. The number of carbonyl (C=O) groups excluding carboxylic acids is 2. The molecule has 1 aromatic carbocycles. The number of nitrogens with zero attached hydrogens (tertiary/aromatic N) is 1. The standard InChI is InChI=1S/C18H21FN2O3S/c1-10(2)9-20-16(22)12(4)24-18(23)15-11(3)21-17(25-15)13-5-7-14(19)8-6-13/h5-8,10,12H,9H2,1-4H3,(H,20,22)/t12-/m0/s1. The first-order valence-corrected chi connectivity index (χ1v) is 8.81. The van der Waals surface area contributed by atoms with Crippen LogP contribution in [-0.4, -0.2) is 29.5 Å². The first-order chi connectivity index (χ1) is 11.8. The molecule has 0 aliphatic heterocycles. The van der Waals surface area contributed by atoms with Gasteiger partial charge in [-0.3, -0.25) is 4.79 Å². The minimum atomic E-state index is -0.887. The highest BCUT2D eigenvalue weighted by Crippen LogP contribution is 2.28. The lowest BCUT2D eigenvalue weighted by Crippen LogP contribution is -2.37. The van der Waals surface area contributed by atoms with Gasteiger partial charge in [-0.2, -0.15) is 0 Å². The Morgan fingerprint density at radius 3 is 2.48 bits per heavy atom. The monoisotopic (exact) mass is 364 g/mol. The van der Waals surface area contributed by atoms with Crippen LogP contribution in [0.3, 0.4) is 0 Å². The maximum atomic E-state index is 13.0. The Morgan fingerprint density at radius 1 is 1.24 bits per heavy atom. The SMILES string of the molecule is Cc1nc(-c2ccc(F)cc2)sc1C(=O)O[C@@H](C)C(=O)NCC(C)C. The Bertz CT molecular complexity index is 756. The van der Waals surface area contributed by atoms with E-state index in [0.717, 1.165) is 16.9 Å². The van der Waals surface area contributed by atoms with Gasteiger partial charge in [-0.05, 0) is 44.0 Å². The summed E-state index contributed by atoms with van der Waals surface area (Å²) in [5, 5.41) is 3.32. The summed E-state index contributed by atoms with van der Waals surface area (Å²) in [5.74, 6) is -0.940. The van der Waals surface area contributed by atoms with Crippen LogP contribution in [0.4, 0.5) is 4.39 Å². The molecular formula is C18H21FN2O3S. The molecule has 0 fully saturated rings. The largest absolute Gasteiger partial charge is 0.448 e. The van der Waals surface area contributed by atoms with E-state index in [2.05, 4.69) is 10.3 Å². The van der Waals surface area contributed by atoms with Crippen LogP contribution in [0, 0.1) is 18.7 Å². The van der Waals surface area contributed by atoms with E-state index in [1.165, 1.54) is 19.1 Å². The Hall–Kier alpha value is -2.28. The maximum Gasteiger partial charge on any atom is 0.351 e. The van der Waals surface area contributed by atoms with Crippen LogP contribution in [0.1, 0.15) is 36.1 Å². The molecule has 1 N–H and O–H groups in total. The molecule has 1 amide bonds. The molecule has 2 rings (SSSR count). The first-order valence-electron chi connectivity index (χ1n) is 8.00. The van der Waals surface area contributed by atoms with E-state index in [1.54, 1.807) is 19.1 Å². The van der Waals surface area contributed by atoms with Gasteiger partial charge in [-0.15, -0.1) is 11.3 Å². The zero-order valence-corrected chi connectivity index (χ0v) is 15.4. The van der Waals surface area contributed by atoms with Crippen LogP contribution < -0.4 is 5.32 Å². The fraction of sp³-hybridized carbons (Fsp3) is 0.389. The van der Waals surface area contributed by atoms with E-state index in [-0.39, 0.29) is 11.7 Å². The Balaban J connectivity index is 2.07. The van der Waals surface area contributed by atoms with Crippen molar-refractivity contribution < 1.29 is 18.7 Å². The highest BCUT2D eigenvalue weighted by Gasteiger charge is 2.23. The van der Waals surface area contributed by atoms with Crippen LogP contribution in [0.25, 0.3) is 10.6 Å². The summed E-state index contributed by atoms with van der Waals surface area (Å²) in [6, 6.07) is 5.88. The summed E-state index contributed by atoms with van der Waals surface area (Å²) in [5.41, 5.74) is 1.24. The van der Waals surface area contributed by atoms with Crippen LogP contribution in [-0.2, 0) is 9.53 Å². The van der Waals surface area contributed by atoms with Crippen molar-refractivity contribution in [2.45, 2.75) is 33.8 Å². The molecule has 0 aliphatic rings. The fourth-order valence-electron chi connectivity index (χ4n) is 2.02. The second-order valence-corrected chi connectivity index (χ2v) is 7.13. The van der Waals surface area contributed by atoms with Gasteiger partial charge in [0.2, 0.25) is 0 Å². The van der Waals surface area contributed by atoms with Gasteiger partial charge in [0.1, 0.15) is 15.7 Å². The van der Waals surface area contributed by atoms with E-state index < -0.39 is 12.1 Å². The molecule has 0 aliphatic carbocycles. The van der Waals surface area contributed by atoms with E-state index in [0.29, 0.717) is 28.0 Å². The molecule has 0 saturated carbocycles. The second-order valence-electron chi connectivity index (χ2n) is 6.13. The average Bonchev–Trinajstić information content (AvgIpc) is 2.95. The van der Waals surface area contributed by atoms with Gasteiger partial charge in [0.25, 0.3) is 5.91 Å². The maximum absolute atomic E-state index is 13.0. The van der Waals surface area contributed by atoms with Gasteiger partial charge in [-0.25, -0.2) is 14.2 Å². The van der Waals surface area contributed by atoms with Gasteiger partial charge in [0, 0.05) is 12.1 Å². The topological polar surface area (TPSA) is 68.3 Å². The Labute approximate surface area is 150 Å². The molecule has 0 radical (unpaired) electrons. The van der Waals surface area contributed by atoms with Gasteiger partial charge in [0.05, 0.1) is 5.69 Å². The number of aromatic nitrogens is 1. The number of carbonyl (C=O) groups is 2. The highest BCUT2D eigenvalue weighted by molar-refractivity contribution is 7.17. The molecule has 1 heterocycles. The molecular weight excluding hydrogens is 343 g/mol. The van der Waals surface area contributed by atoms with Crippen molar-refractivity contribution in [3.63, 3.8) is 0 Å². The summed E-state index contributed by atoms with van der Waals surface area (Å²) in [7, 11) is 0. The molecule has 25 heavy (non-hydrogen) atoms. The van der Waals surface area contributed by atoms with Crippen molar-refractivity contribution in [2.24, 2.45) is 5.92 Å². The van der Waals surface area contributed by atoms with Crippen molar-refractivity contribution in [3.8, 4) is 10.6 Å². The van der Waals surface area contributed by atoms with Crippen LogP contribution in [0.5, 0.6) is 0 Å². The molecule has 1 atom stereocenters. The van der Waals surface area contributed by atoms with E-state index in [9.17, 15) is 14.0 Å². The highest BCUT2D eigenvalue weighted by atomic mass is 32.1. The van der Waals surface area contributed by atoms with Gasteiger partial charge in [-0.1, -0.05) is 13.8 Å². The zero-order chi connectivity index (χ0) is 18.6. The predicted octanol–water partition coefficient (Wildman–Crippen LogP) is 3.58. The number of ether oxygens (including phenoxy) is 1. The second kappa shape index (κ2) is 8.20. The number of nitrogens with one attached hydrogen (secondary N) is 1. The Kier molecular flexibility index (Phi) is 6.25. The lowest BCUT2D eigenvalue weighted by Gasteiger charge is -2.14. The van der Waals surface area contributed by atoms with Crippen molar-refractivity contribution in [1.29, 1.82) is 0 Å². The van der Waals surface area contributed by atoms with Crippen LogP contribution in [0.15, 0.2) is 24.3 Å².